The highest BCUT2D eigenvalue weighted by Crippen LogP contribution is 2.42. The van der Waals surface area contributed by atoms with Crippen LogP contribution < -0.4 is 10.5 Å². The number of nitrogens with zero attached hydrogens (tertiary/aromatic N) is 1. The van der Waals surface area contributed by atoms with Gasteiger partial charge in [-0.3, -0.25) is 4.90 Å². The predicted molar refractivity (Wildman–Crippen MR) is 118 cm³/mol. The fraction of sp³-hybridized carbons (Fsp3) is 0.409. The van der Waals surface area contributed by atoms with Gasteiger partial charge < -0.3 is 20.6 Å². The maximum absolute atomic E-state index is 15.1. The van der Waals surface area contributed by atoms with Gasteiger partial charge in [0.05, 0.1) is 19.8 Å². The number of benzene rings is 2. The zero-order chi connectivity index (χ0) is 21.2. The van der Waals surface area contributed by atoms with Crippen LogP contribution in [0.25, 0.3) is 0 Å². The number of anilines is 1. The maximum atomic E-state index is 15.1. The van der Waals surface area contributed by atoms with Crippen LogP contribution >= 0.6 is 15.9 Å². The van der Waals surface area contributed by atoms with E-state index in [-0.39, 0.29) is 19.2 Å². The van der Waals surface area contributed by atoms with Crippen LogP contribution in [0.5, 0.6) is 5.75 Å². The minimum atomic E-state index is -1.49. The van der Waals surface area contributed by atoms with Gasteiger partial charge in [-0.1, -0.05) is 28.1 Å². The van der Waals surface area contributed by atoms with Crippen molar-refractivity contribution in [2.24, 2.45) is 0 Å². The Bertz CT molecular complexity index is 904. The molecule has 7 heteroatoms. The Morgan fingerprint density at radius 2 is 2.03 bits per heavy atom. The summed E-state index contributed by atoms with van der Waals surface area (Å²) in [5.74, 6) is 0.725. The fourth-order valence-corrected chi connectivity index (χ4v) is 4.54. The number of halogens is 2. The Morgan fingerprint density at radius 3 is 2.69 bits per heavy atom. The number of hydrogen-bond acceptors (Lipinski definition) is 5. The molecule has 2 unspecified atom stereocenters. The Labute approximate surface area is 179 Å². The summed E-state index contributed by atoms with van der Waals surface area (Å²) < 4.78 is 26.8. The molecule has 3 rings (SSSR count). The molecule has 0 saturated heterocycles. The highest BCUT2D eigenvalue weighted by molar-refractivity contribution is 9.10. The first-order valence-corrected chi connectivity index (χ1v) is 10.3. The van der Waals surface area contributed by atoms with Crippen LogP contribution in [-0.4, -0.2) is 50.7 Å². The van der Waals surface area contributed by atoms with Crippen molar-refractivity contribution in [1.29, 1.82) is 5.41 Å². The second-order valence-corrected chi connectivity index (χ2v) is 8.55. The number of nitrogens with one attached hydrogen (secondary N) is 1. The zero-order valence-electron chi connectivity index (χ0n) is 17.0. The molecule has 0 spiro atoms. The molecule has 2 aromatic rings. The molecule has 0 saturated carbocycles. The van der Waals surface area contributed by atoms with Crippen molar-refractivity contribution in [3.8, 4) is 5.75 Å². The van der Waals surface area contributed by atoms with Gasteiger partial charge in [0.25, 0.3) is 0 Å². The van der Waals surface area contributed by atoms with E-state index in [1.807, 2.05) is 30.3 Å². The summed E-state index contributed by atoms with van der Waals surface area (Å²) in [5, 5.41) is 7.82. The second-order valence-electron chi connectivity index (χ2n) is 7.64. The summed E-state index contributed by atoms with van der Waals surface area (Å²) in [6, 6.07) is 9.48. The molecule has 0 aliphatic carbocycles. The average molecular weight is 464 g/mol. The summed E-state index contributed by atoms with van der Waals surface area (Å²) >= 11 is 3.49. The molecule has 1 heterocycles. The average Bonchev–Trinajstić information content (AvgIpc) is 2.67. The van der Waals surface area contributed by atoms with Crippen LogP contribution in [-0.2, 0) is 11.2 Å². The summed E-state index contributed by atoms with van der Waals surface area (Å²) in [6.45, 7) is 2.45. The lowest BCUT2D eigenvalue weighted by Gasteiger charge is -2.41. The fourth-order valence-electron chi connectivity index (χ4n) is 4.20. The maximum Gasteiger partial charge on any atom is 0.144 e. The van der Waals surface area contributed by atoms with Crippen LogP contribution in [0, 0.1) is 5.41 Å². The van der Waals surface area contributed by atoms with Crippen molar-refractivity contribution in [2.45, 2.75) is 25.1 Å². The van der Waals surface area contributed by atoms with Crippen LogP contribution in [0.1, 0.15) is 35.2 Å². The van der Waals surface area contributed by atoms with Gasteiger partial charge in [-0.2, -0.15) is 0 Å². The first-order chi connectivity index (χ1) is 13.8. The molecule has 0 amide bonds. The third kappa shape index (κ3) is 4.47. The monoisotopic (exact) mass is 463 g/mol. The quantitative estimate of drug-likeness (QED) is 0.472. The SMILES string of the molecule is COCC(C)(F)CN1CCc2c(ccc(N)c2C=N)C1c1ccc(Br)cc1OC. The van der Waals surface area contributed by atoms with E-state index in [2.05, 4.69) is 20.8 Å². The molecule has 1 aliphatic heterocycles. The van der Waals surface area contributed by atoms with Crippen molar-refractivity contribution in [3.63, 3.8) is 0 Å². The first kappa shape index (κ1) is 21.7. The van der Waals surface area contributed by atoms with E-state index < -0.39 is 5.67 Å². The highest BCUT2D eigenvalue weighted by atomic mass is 79.9. The van der Waals surface area contributed by atoms with Gasteiger partial charge in [0.2, 0.25) is 0 Å². The molecule has 0 aromatic heterocycles. The summed E-state index contributed by atoms with van der Waals surface area (Å²) in [4.78, 5) is 2.12. The molecule has 2 atom stereocenters. The predicted octanol–water partition coefficient (Wildman–Crippen LogP) is 4.36. The summed E-state index contributed by atoms with van der Waals surface area (Å²) in [7, 11) is 3.15. The van der Waals surface area contributed by atoms with E-state index in [0.29, 0.717) is 18.7 Å². The minimum absolute atomic E-state index is 0.0219. The van der Waals surface area contributed by atoms with Crippen LogP contribution in [0.3, 0.4) is 0 Å². The van der Waals surface area contributed by atoms with E-state index >= 15 is 4.39 Å². The number of nitrogens with two attached hydrogens (primary N) is 1. The molecular formula is C22H27BrFN3O2. The lowest BCUT2D eigenvalue weighted by atomic mass is 9.84. The number of methoxy groups -OCH3 is 2. The topological polar surface area (TPSA) is 71.6 Å². The summed E-state index contributed by atoms with van der Waals surface area (Å²) in [5.41, 5.74) is 8.97. The molecule has 156 valence electrons. The molecule has 29 heavy (non-hydrogen) atoms. The normalized spacial score (nSPS) is 18.7. The highest BCUT2D eigenvalue weighted by Gasteiger charge is 2.37. The van der Waals surface area contributed by atoms with Crippen molar-refractivity contribution >= 4 is 27.8 Å². The molecule has 1 aliphatic rings. The minimum Gasteiger partial charge on any atom is -0.496 e. The van der Waals surface area contributed by atoms with E-state index in [1.165, 1.54) is 13.3 Å². The second kappa shape index (κ2) is 8.81. The number of rotatable bonds is 7. The Morgan fingerprint density at radius 1 is 1.31 bits per heavy atom. The molecule has 0 bridgehead atoms. The third-order valence-corrected chi connectivity index (χ3v) is 5.84. The number of nitrogen functional groups attached to an aromatic ring is 1. The van der Waals surface area contributed by atoms with E-state index in [4.69, 9.17) is 20.6 Å². The lowest BCUT2D eigenvalue weighted by molar-refractivity contribution is 0.0153. The van der Waals surface area contributed by atoms with Gasteiger partial charge in [0, 0.05) is 47.7 Å². The Kier molecular flexibility index (Phi) is 6.61. The molecule has 0 radical (unpaired) electrons. The van der Waals surface area contributed by atoms with Crippen molar-refractivity contribution in [3.05, 3.63) is 57.1 Å². The number of hydrogen-bond donors (Lipinski definition) is 2. The van der Waals surface area contributed by atoms with Gasteiger partial charge in [-0.25, -0.2) is 4.39 Å². The van der Waals surface area contributed by atoms with Crippen LogP contribution in [0.2, 0.25) is 0 Å². The molecule has 2 aromatic carbocycles. The summed E-state index contributed by atoms with van der Waals surface area (Å²) in [6.07, 6.45) is 2.01. The molecule has 5 nitrogen and oxygen atoms in total. The number of ether oxygens (including phenoxy) is 2. The van der Waals surface area contributed by atoms with Gasteiger partial charge in [0.1, 0.15) is 11.4 Å². The molecule has 0 fully saturated rings. The van der Waals surface area contributed by atoms with E-state index in [1.54, 1.807) is 14.0 Å². The standard InChI is InChI=1S/C22H27BrFN3O2/c1-22(24,13-28-2)12-27-9-8-15-16(6-7-19(26)18(15)11-25)21(27)17-5-4-14(23)10-20(17)29-3/h4-7,10-11,21,25H,8-9,12-13,26H2,1-3H3. The first-order valence-electron chi connectivity index (χ1n) is 9.48. The van der Waals surface area contributed by atoms with E-state index in [0.717, 1.165) is 32.5 Å². The smallest absolute Gasteiger partial charge is 0.144 e. The van der Waals surface area contributed by atoms with Gasteiger partial charge in [-0.05, 0) is 42.7 Å². The van der Waals surface area contributed by atoms with Crippen LogP contribution in [0.15, 0.2) is 34.8 Å². The van der Waals surface area contributed by atoms with Crippen molar-refractivity contribution in [2.75, 3.05) is 39.6 Å². The van der Waals surface area contributed by atoms with Gasteiger partial charge in [-0.15, -0.1) is 0 Å². The number of alkyl halides is 1. The zero-order valence-corrected chi connectivity index (χ0v) is 18.6. The third-order valence-electron chi connectivity index (χ3n) is 5.35. The van der Waals surface area contributed by atoms with Gasteiger partial charge >= 0.3 is 0 Å². The Balaban J connectivity index is 2.16. The number of fused-ring (bicyclic) bond motifs is 1. The largest absolute Gasteiger partial charge is 0.496 e. The molecular weight excluding hydrogens is 437 g/mol. The van der Waals surface area contributed by atoms with Gasteiger partial charge in [0.15, 0.2) is 0 Å². The molecule has 3 N–H and O–H groups in total. The van der Waals surface area contributed by atoms with Crippen molar-refractivity contribution < 1.29 is 13.9 Å². The lowest BCUT2D eigenvalue weighted by Crippen LogP contribution is -2.46. The van der Waals surface area contributed by atoms with Crippen LogP contribution in [0.4, 0.5) is 10.1 Å². The van der Waals surface area contributed by atoms with Crippen molar-refractivity contribution in [1.82, 2.24) is 4.90 Å². The Hall–Kier alpha value is -1.96. The van der Waals surface area contributed by atoms with E-state index in [9.17, 15) is 0 Å².